The zero-order valence-electron chi connectivity index (χ0n) is 10.7. The predicted molar refractivity (Wildman–Crippen MR) is 84.0 cm³/mol. The molecule has 2 aromatic rings. The maximum Gasteiger partial charge on any atom is 0.130 e. The van der Waals surface area contributed by atoms with Gasteiger partial charge in [0.15, 0.2) is 0 Å². The molecule has 0 saturated carbocycles. The van der Waals surface area contributed by atoms with Crippen molar-refractivity contribution in [3.63, 3.8) is 0 Å². The third-order valence-electron chi connectivity index (χ3n) is 4.03. The standard InChI is InChI=1S/C15H14Br2O2/c1-15(2)4-3-7-5-9(18)13(16)8-6-10(19)14(17)12(15)11(7)8/h5-6,18-19H,3-4H2,1-2H3. The third-order valence-corrected chi connectivity index (χ3v) is 5.67. The highest BCUT2D eigenvalue weighted by Crippen LogP contribution is 2.50. The van der Waals surface area contributed by atoms with E-state index in [9.17, 15) is 10.2 Å². The lowest BCUT2D eigenvalue weighted by Crippen LogP contribution is -2.23. The van der Waals surface area contributed by atoms with Crippen molar-refractivity contribution in [2.24, 2.45) is 0 Å². The van der Waals surface area contributed by atoms with Crippen LogP contribution >= 0.6 is 31.9 Å². The molecule has 2 N–H and O–H groups in total. The molecule has 0 spiro atoms. The molecule has 0 atom stereocenters. The fraction of sp³-hybridized carbons (Fsp3) is 0.333. The second kappa shape index (κ2) is 4.13. The van der Waals surface area contributed by atoms with E-state index >= 15 is 0 Å². The molecule has 4 heteroatoms. The van der Waals surface area contributed by atoms with Gasteiger partial charge in [0.2, 0.25) is 0 Å². The summed E-state index contributed by atoms with van der Waals surface area (Å²) in [6.45, 7) is 4.38. The monoisotopic (exact) mass is 384 g/mol. The summed E-state index contributed by atoms with van der Waals surface area (Å²) >= 11 is 6.94. The molecule has 0 radical (unpaired) electrons. The van der Waals surface area contributed by atoms with Crippen molar-refractivity contribution in [3.05, 3.63) is 32.2 Å². The van der Waals surface area contributed by atoms with Gasteiger partial charge in [-0.1, -0.05) is 13.8 Å². The van der Waals surface area contributed by atoms with E-state index in [2.05, 4.69) is 45.7 Å². The molecule has 0 amide bonds. The van der Waals surface area contributed by atoms with E-state index in [1.807, 2.05) is 6.07 Å². The number of phenolic OH excluding ortho intramolecular Hbond substituents is 2. The molecular weight excluding hydrogens is 372 g/mol. The van der Waals surface area contributed by atoms with Crippen molar-refractivity contribution in [2.75, 3.05) is 0 Å². The van der Waals surface area contributed by atoms with Crippen LogP contribution in [0.4, 0.5) is 0 Å². The van der Waals surface area contributed by atoms with E-state index in [-0.39, 0.29) is 16.9 Å². The Bertz CT molecular complexity index is 705. The van der Waals surface area contributed by atoms with E-state index in [1.165, 1.54) is 0 Å². The molecule has 1 aliphatic carbocycles. The van der Waals surface area contributed by atoms with E-state index in [1.54, 1.807) is 6.07 Å². The first kappa shape index (κ1) is 13.3. The lowest BCUT2D eigenvalue weighted by molar-refractivity contribution is 0.447. The van der Waals surface area contributed by atoms with Crippen LogP contribution in [0.5, 0.6) is 11.5 Å². The van der Waals surface area contributed by atoms with Gasteiger partial charge in [0, 0.05) is 5.39 Å². The van der Waals surface area contributed by atoms with Crippen molar-refractivity contribution >= 4 is 42.6 Å². The Hall–Kier alpha value is -0.740. The first-order valence-electron chi connectivity index (χ1n) is 6.19. The maximum absolute atomic E-state index is 10.1. The maximum atomic E-state index is 10.1. The van der Waals surface area contributed by atoms with Crippen LogP contribution in [0.3, 0.4) is 0 Å². The summed E-state index contributed by atoms with van der Waals surface area (Å²) in [5.74, 6) is 0.449. The van der Waals surface area contributed by atoms with Crippen molar-refractivity contribution in [1.82, 2.24) is 0 Å². The quantitative estimate of drug-likeness (QED) is 0.669. The van der Waals surface area contributed by atoms with Gasteiger partial charge in [0.05, 0.1) is 8.95 Å². The number of aryl methyl sites for hydroxylation is 1. The minimum Gasteiger partial charge on any atom is -0.507 e. The molecule has 3 rings (SSSR count). The first-order chi connectivity index (χ1) is 8.83. The van der Waals surface area contributed by atoms with E-state index in [4.69, 9.17) is 0 Å². The summed E-state index contributed by atoms with van der Waals surface area (Å²) in [7, 11) is 0. The molecule has 0 aromatic heterocycles. The van der Waals surface area contributed by atoms with Crippen LogP contribution in [0.1, 0.15) is 31.4 Å². The van der Waals surface area contributed by atoms with Crippen LogP contribution in [0.2, 0.25) is 0 Å². The predicted octanol–water partition coefficient (Wildman–Crippen LogP) is 5.00. The van der Waals surface area contributed by atoms with Crippen LogP contribution in [-0.2, 0) is 11.8 Å². The molecule has 19 heavy (non-hydrogen) atoms. The van der Waals surface area contributed by atoms with E-state index in [0.29, 0.717) is 4.47 Å². The normalized spacial score (nSPS) is 16.8. The van der Waals surface area contributed by atoms with Crippen LogP contribution in [0.15, 0.2) is 21.1 Å². The van der Waals surface area contributed by atoms with Gasteiger partial charge in [-0.25, -0.2) is 0 Å². The zero-order valence-corrected chi connectivity index (χ0v) is 13.9. The minimum absolute atomic E-state index is 0.000758. The van der Waals surface area contributed by atoms with E-state index in [0.717, 1.165) is 39.2 Å². The number of aromatic hydroxyl groups is 2. The van der Waals surface area contributed by atoms with E-state index < -0.39 is 0 Å². The second-order valence-corrected chi connectivity index (χ2v) is 7.35. The Morgan fingerprint density at radius 3 is 2.37 bits per heavy atom. The van der Waals surface area contributed by atoms with Gasteiger partial charge in [-0.15, -0.1) is 0 Å². The average Bonchev–Trinajstić information content (AvgIpc) is 2.33. The number of halogens is 2. The summed E-state index contributed by atoms with van der Waals surface area (Å²) in [5, 5.41) is 22.2. The van der Waals surface area contributed by atoms with Gasteiger partial charge in [0.25, 0.3) is 0 Å². The van der Waals surface area contributed by atoms with Crippen LogP contribution in [-0.4, -0.2) is 10.2 Å². The lowest BCUT2D eigenvalue weighted by atomic mass is 9.72. The number of hydrogen-bond donors (Lipinski definition) is 2. The van der Waals surface area contributed by atoms with Gasteiger partial charge in [-0.2, -0.15) is 0 Å². The molecule has 1 aliphatic rings. The van der Waals surface area contributed by atoms with Gasteiger partial charge < -0.3 is 10.2 Å². The van der Waals surface area contributed by atoms with Gasteiger partial charge in [-0.05, 0) is 78.8 Å². The number of phenols is 2. The number of rotatable bonds is 0. The molecule has 2 aromatic carbocycles. The molecule has 0 fully saturated rings. The Morgan fingerprint density at radius 2 is 1.68 bits per heavy atom. The molecular formula is C15H14Br2O2. The van der Waals surface area contributed by atoms with Crippen molar-refractivity contribution < 1.29 is 10.2 Å². The number of benzene rings is 2. The van der Waals surface area contributed by atoms with Crippen LogP contribution in [0, 0.1) is 0 Å². The Labute approximate surface area is 128 Å². The van der Waals surface area contributed by atoms with Gasteiger partial charge in [0.1, 0.15) is 11.5 Å². The van der Waals surface area contributed by atoms with Crippen molar-refractivity contribution in [1.29, 1.82) is 0 Å². The van der Waals surface area contributed by atoms with Crippen LogP contribution in [0.25, 0.3) is 10.8 Å². The summed E-state index contributed by atoms with van der Waals surface area (Å²) in [4.78, 5) is 0. The van der Waals surface area contributed by atoms with Gasteiger partial charge >= 0.3 is 0 Å². The lowest BCUT2D eigenvalue weighted by Gasteiger charge is -2.34. The summed E-state index contributed by atoms with van der Waals surface area (Å²) in [6.07, 6.45) is 1.94. The highest BCUT2D eigenvalue weighted by Gasteiger charge is 2.32. The fourth-order valence-electron chi connectivity index (χ4n) is 2.99. The fourth-order valence-corrected chi connectivity index (χ4v) is 4.27. The molecule has 0 heterocycles. The Morgan fingerprint density at radius 1 is 1.05 bits per heavy atom. The molecule has 0 aliphatic heterocycles. The minimum atomic E-state index is -0.000758. The molecule has 0 saturated heterocycles. The molecule has 2 nitrogen and oxygen atoms in total. The third kappa shape index (κ3) is 1.80. The second-order valence-electron chi connectivity index (χ2n) is 5.76. The molecule has 0 bridgehead atoms. The average molecular weight is 386 g/mol. The SMILES string of the molecule is CC1(C)CCc2cc(O)c(Br)c3cc(O)c(Br)c1c23. The smallest absolute Gasteiger partial charge is 0.130 e. The van der Waals surface area contributed by atoms with Crippen molar-refractivity contribution in [3.8, 4) is 11.5 Å². The molecule has 0 unspecified atom stereocenters. The van der Waals surface area contributed by atoms with Gasteiger partial charge in [-0.3, -0.25) is 0 Å². The highest BCUT2D eigenvalue weighted by molar-refractivity contribution is 9.11. The Kier molecular flexibility index (Phi) is 2.88. The summed E-state index contributed by atoms with van der Waals surface area (Å²) < 4.78 is 1.41. The molecule has 100 valence electrons. The van der Waals surface area contributed by atoms with Crippen molar-refractivity contribution in [2.45, 2.75) is 32.1 Å². The topological polar surface area (TPSA) is 40.5 Å². The Balaban J connectivity index is 2.59. The first-order valence-corrected chi connectivity index (χ1v) is 7.77. The number of hydrogen-bond acceptors (Lipinski definition) is 2. The largest absolute Gasteiger partial charge is 0.507 e. The van der Waals surface area contributed by atoms with Crippen LogP contribution < -0.4 is 0 Å². The highest BCUT2D eigenvalue weighted by atomic mass is 79.9. The summed E-state index contributed by atoms with van der Waals surface area (Å²) in [5.41, 5.74) is 2.27. The zero-order chi connectivity index (χ0) is 13.9. The summed E-state index contributed by atoms with van der Waals surface area (Å²) in [6, 6.07) is 3.53.